The molecular formula is C19H15N. The third kappa shape index (κ3) is 1.75. The number of aryl methyl sites for hydroxylation is 1. The summed E-state index contributed by atoms with van der Waals surface area (Å²) in [4.78, 5) is 4.48. The van der Waals surface area contributed by atoms with E-state index in [2.05, 4.69) is 60.4 Å². The molecule has 0 saturated carbocycles. The van der Waals surface area contributed by atoms with Gasteiger partial charge in [-0.05, 0) is 59.4 Å². The van der Waals surface area contributed by atoms with Crippen LogP contribution in [0.5, 0.6) is 0 Å². The fraction of sp³-hybridized carbons (Fsp3) is 0.105. The first kappa shape index (κ1) is 11.4. The van der Waals surface area contributed by atoms with Gasteiger partial charge in [0.2, 0.25) is 0 Å². The molecule has 3 aromatic rings. The predicted octanol–water partition coefficient (Wildman–Crippen LogP) is 4.63. The van der Waals surface area contributed by atoms with Crippen LogP contribution in [0, 0.1) is 6.92 Å². The molecule has 0 saturated heterocycles. The smallest absolute Gasteiger partial charge is 0.0704 e. The summed E-state index contributed by atoms with van der Waals surface area (Å²) in [7, 11) is 0. The van der Waals surface area contributed by atoms with E-state index in [4.69, 9.17) is 0 Å². The molecule has 0 N–H and O–H groups in total. The van der Waals surface area contributed by atoms with Crippen LogP contribution in [0.3, 0.4) is 0 Å². The van der Waals surface area contributed by atoms with Crippen LogP contribution in [0.2, 0.25) is 0 Å². The molecule has 1 aromatic heterocycles. The summed E-state index contributed by atoms with van der Waals surface area (Å²) >= 11 is 0. The van der Waals surface area contributed by atoms with E-state index in [-0.39, 0.29) is 0 Å². The Morgan fingerprint density at radius 1 is 0.850 bits per heavy atom. The Balaban J connectivity index is 1.83. The molecule has 0 atom stereocenters. The Morgan fingerprint density at radius 2 is 1.70 bits per heavy atom. The minimum absolute atomic E-state index is 1.03. The van der Waals surface area contributed by atoms with Crippen LogP contribution >= 0.6 is 0 Å². The number of nitrogens with zero attached hydrogens (tertiary/aromatic N) is 1. The standard InChI is InChI=1S/C19H15N/c1-13-8-9-20-19(10-13)15-6-7-18-16(12-15)11-14-4-2-3-5-17(14)18/h2-10,12H,11H2,1H3. The van der Waals surface area contributed by atoms with E-state index in [1.54, 1.807) is 0 Å². The molecule has 4 rings (SSSR count). The van der Waals surface area contributed by atoms with Crippen molar-refractivity contribution in [2.45, 2.75) is 13.3 Å². The average molecular weight is 257 g/mol. The molecule has 1 aliphatic carbocycles. The summed E-state index contributed by atoms with van der Waals surface area (Å²) in [6.07, 6.45) is 2.91. The van der Waals surface area contributed by atoms with Gasteiger partial charge in [0.15, 0.2) is 0 Å². The summed E-state index contributed by atoms with van der Waals surface area (Å²) < 4.78 is 0. The number of pyridine rings is 1. The largest absolute Gasteiger partial charge is 0.256 e. The molecule has 1 aliphatic rings. The second kappa shape index (κ2) is 4.31. The topological polar surface area (TPSA) is 12.9 Å². The van der Waals surface area contributed by atoms with E-state index >= 15 is 0 Å². The number of aromatic nitrogens is 1. The van der Waals surface area contributed by atoms with Gasteiger partial charge in [-0.1, -0.05) is 36.4 Å². The van der Waals surface area contributed by atoms with Gasteiger partial charge in [0.05, 0.1) is 5.69 Å². The molecule has 1 nitrogen and oxygen atoms in total. The van der Waals surface area contributed by atoms with E-state index in [0.29, 0.717) is 0 Å². The van der Waals surface area contributed by atoms with E-state index < -0.39 is 0 Å². The number of benzene rings is 2. The number of hydrogen-bond acceptors (Lipinski definition) is 1. The van der Waals surface area contributed by atoms with Crippen LogP contribution in [-0.4, -0.2) is 4.98 Å². The summed E-state index contributed by atoms with van der Waals surface area (Å²) in [5, 5.41) is 0. The summed E-state index contributed by atoms with van der Waals surface area (Å²) in [5.74, 6) is 0. The Bertz CT molecular complexity index is 802. The van der Waals surface area contributed by atoms with Gasteiger partial charge < -0.3 is 0 Å². The Morgan fingerprint density at radius 3 is 2.60 bits per heavy atom. The highest BCUT2D eigenvalue weighted by Crippen LogP contribution is 2.38. The minimum atomic E-state index is 1.03. The predicted molar refractivity (Wildman–Crippen MR) is 82.7 cm³/mol. The maximum atomic E-state index is 4.48. The molecule has 2 aromatic carbocycles. The van der Waals surface area contributed by atoms with Gasteiger partial charge >= 0.3 is 0 Å². The highest BCUT2D eigenvalue weighted by atomic mass is 14.7. The summed E-state index contributed by atoms with van der Waals surface area (Å²) in [5.41, 5.74) is 9.11. The quantitative estimate of drug-likeness (QED) is 0.484. The zero-order valence-electron chi connectivity index (χ0n) is 11.4. The molecule has 0 unspecified atom stereocenters. The molecule has 20 heavy (non-hydrogen) atoms. The molecule has 0 radical (unpaired) electrons. The molecular weight excluding hydrogens is 242 g/mol. The molecule has 1 heteroatoms. The first-order valence-electron chi connectivity index (χ1n) is 6.95. The zero-order valence-corrected chi connectivity index (χ0v) is 11.4. The van der Waals surface area contributed by atoms with E-state index in [1.165, 1.54) is 33.4 Å². The van der Waals surface area contributed by atoms with Crippen molar-refractivity contribution < 1.29 is 0 Å². The van der Waals surface area contributed by atoms with Crippen molar-refractivity contribution in [2.75, 3.05) is 0 Å². The van der Waals surface area contributed by atoms with Gasteiger partial charge in [0.25, 0.3) is 0 Å². The maximum Gasteiger partial charge on any atom is 0.0704 e. The van der Waals surface area contributed by atoms with E-state index in [0.717, 1.165) is 12.1 Å². The molecule has 96 valence electrons. The molecule has 0 fully saturated rings. The first-order valence-corrected chi connectivity index (χ1v) is 6.95. The first-order chi connectivity index (χ1) is 9.81. The Kier molecular flexibility index (Phi) is 2.46. The number of rotatable bonds is 1. The molecule has 1 heterocycles. The summed E-state index contributed by atoms with van der Waals surface area (Å²) in [6.45, 7) is 2.11. The van der Waals surface area contributed by atoms with Crippen LogP contribution in [0.25, 0.3) is 22.4 Å². The van der Waals surface area contributed by atoms with Crippen molar-refractivity contribution in [1.29, 1.82) is 0 Å². The third-order valence-electron chi connectivity index (χ3n) is 4.00. The van der Waals surface area contributed by atoms with Crippen LogP contribution in [-0.2, 0) is 6.42 Å². The van der Waals surface area contributed by atoms with Crippen molar-refractivity contribution in [2.24, 2.45) is 0 Å². The maximum absolute atomic E-state index is 4.48. The average Bonchev–Trinajstić information content (AvgIpc) is 2.85. The third-order valence-corrected chi connectivity index (χ3v) is 4.00. The molecule has 0 spiro atoms. The second-order valence-electron chi connectivity index (χ2n) is 5.42. The van der Waals surface area contributed by atoms with Gasteiger partial charge in [-0.15, -0.1) is 0 Å². The lowest BCUT2D eigenvalue weighted by Crippen LogP contribution is -1.87. The normalized spacial score (nSPS) is 12.1. The highest BCUT2D eigenvalue weighted by molar-refractivity contribution is 5.79. The van der Waals surface area contributed by atoms with Crippen molar-refractivity contribution in [3.8, 4) is 22.4 Å². The molecule has 0 bridgehead atoms. The van der Waals surface area contributed by atoms with Gasteiger partial charge in [-0.3, -0.25) is 4.98 Å². The monoisotopic (exact) mass is 257 g/mol. The van der Waals surface area contributed by atoms with Crippen LogP contribution in [0.15, 0.2) is 60.8 Å². The van der Waals surface area contributed by atoms with Crippen molar-refractivity contribution in [3.63, 3.8) is 0 Å². The molecule has 0 amide bonds. The minimum Gasteiger partial charge on any atom is -0.256 e. The van der Waals surface area contributed by atoms with Crippen molar-refractivity contribution in [1.82, 2.24) is 4.98 Å². The van der Waals surface area contributed by atoms with E-state index in [9.17, 15) is 0 Å². The fourth-order valence-corrected chi connectivity index (χ4v) is 3.00. The van der Waals surface area contributed by atoms with Gasteiger partial charge in [0.1, 0.15) is 0 Å². The van der Waals surface area contributed by atoms with E-state index in [1.807, 2.05) is 12.3 Å². The van der Waals surface area contributed by atoms with Crippen molar-refractivity contribution in [3.05, 3.63) is 77.5 Å². The van der Waals surface area contributed by atoms with Crippen LogP contribution < -0.4 is 0 Å². The number of fused-ring (bicyclic) bond motifs is 3. The summed E-state index contributed by atoms with van der Waals surface area (Å²) in [6, 6.07) is 19.6. The Labute approximate surface area is 118 Å². The zero-order chi connectivity index (χ0) is 13.5. The van der Waals surface area contributed by atoms with Crippen LogP contribution in [0.4, 0.5) is 0 Å². The van der Waals surface area contributed by atoms with Gasteiger partial charge in [-0.2, -0.15) is 0 Å². The highest BCUT2D eigenvalue weighted by Gasteiger charge is 2.18. The lowest BCUT2D eigenvalue weighted by Gasteiger charge is -2.05. The second-order valence-corrected chi connectivity index (χ2v) is 5.42. The lowest BCUT2D eigenvalue weighted by molar-refractivity contribution is 1.25. The van der Waals surface area contributed by atoms with Crippen LogP contribution in [0.1, 0.15) is 16.7 Å². The molecule has 0 aliphatic heterocycles. The Hall–Kier alpha value is -2.41. The lowest BCUT2D eigenvalue weighted by atomic mass is 10.0. The van der Waals surface area contributed by atoms with Crippen molar-refractivity contribution >= 4 is 0 Å². The fourth-order valence-electron chi connectivity index (χ4n) is 3.00. The van der Waals surface area contributed by atoms with Gasteiger partial charge in [0, 0.05) is 11.8 Å². The van der Waals surface area contributed by atoms with Gasteiger partial charge in [-0.25, -0.2) is 0 Å². The number of hydrogen-bond donors (Lipinski definition) is 0. The SMILES string of the molecule is Cc1ccnc(-c2ccc3c(c2)Cc2ccccc2-3)c1.